The Bertz CT molecular complexity index is 393. The Labute approximate surface area is 94.5 Å². The standard InChI is InChI=1S/C11H14N4O/c1-15(8-2-7-12)11(16)14-10-5-3-9(13)4-6-10/h3-6H,2,8,13H2,1H3,(H,14,16). The third kappa shape index (κ3) is 3.50. The van der Waals surface area contributed by atoms with E-state index >= 15 is 0 Å². The van der Waals surface area contributed by atoms with Crippen molar-refractivity contribution in [2.45, 2.75) is 6.42 Å². The van der Waals surface area contributed by atoms with E-state index < -0.39 is 0 Å². The van der Waals surface area contributed by atoms with Crippen LogP contribution in [0.25, 0.3) is 0 Å². The molecule has 0 unspecified atom stereocenters. The van der Waals surface area contributed by atoms with Crippen molar-refractivity contribution in [2.24, 2.45) is 0 Å². The first-order valence-electron chi connectivity index (χ1n) is 4.88. The van der Waals surface area contributed by atoms with Crippen molar-refractivity contribution in [3.63, 3.8) is 0 Å². The van der Waals surface area contributed by atoms with Crippen LogP contribution in [0.15, 0.2) is 24.3 Å². The molecule has 0 radical (unpaired) electrons. The second-order valence-electron chi connectivity index (χ2n) is 3.38. The van der Waals surface area contributed by atoms with E-state index in [1.807, 2.05) is 6.07 Å². The minimum absolute atomic E-state index is 0.236. The fourth-order valence-corrected chi connectivity index (χ4v) is 1.10. The number of nitriles is 1. The quantitative estimate of drug-likeness (QED) is 0.757. The smallest absolute Gasteiger partial charge is 0.321 e. The first kappa shape index (κ1) is 11.9. The van der Waals surface area contributed by atoms with E-state index in [-0.39, 0.29) is 6.03 Å². The first-order valence-corrected chi connectivity index (χ1v) is 4.88. The number of amides is 2. The van der Waals surface area contributed by atoms with Gasteiger partial charge in [0, 0.05) is 25.0 Å². The molecule has 0 spiro atoms. The number of nitrogen functional groups attached to an aromatic ring is 1. The highest BCUT2D eigenvalue weighted by molar-refractivity contribution is 5.89. The van der Waals surface area contributed by atoms with Gasteiger partial charge in [-0.25, -0.2) is 4.79 Å². The summed E-state index contributed by atoms with van der Waals surface area (Å²) in [7, 11) is 1.64. The van der Waals surface area contributed by atoms with Crippen molar-refractivity contribution in [1.29, 1.82) is 5.26 Å². The Balaban J connectivity index is 2.51. The zero-order valence-corrected chi connectivity index (χ0v) is 9.10. The summed E-state index contributed by atoms with van der Waals surface area (Å²) in [6, 6.07) is 8.63. The summed E-state index contributed by atoms with van der Waals surface area (Å²) < 4.78 is 0. The van der Waals surface area contributed by atoms with Crippen LogP contribution in [0, 0.1) is 11.3 Å². The molecule has 0 heterocycles. The monoisotopic (exact) mass is 218 g/mol. The minimum Gasteiger partial charge on any atom is -0.399 e. The highest BCUT2D eigenvalue weighted by Crippen LogP contribution is 2.10. The van der Waals surface area contributed by atoms with Crippen LogP contribution in [0.1, 0.15) is 6.42 Å². The van der Waals surface area contributed by atoms with Crippen molar-refractivity contribution < 1.29 is 4.79 Å². The number of anilines is 2. The van der Waals surface area contributed by atoms with E-state index in [0.29, 0.717) is 24.3 Å². The number of benzene rings is 1. The molecule has 0 saturated heterocycles. The van der Waals surface area contributed by atoms with Crippen molar-refractivity contribution in [3.05, 3.63) is 24.3 Å². The molecule has 3 N–H and O–H groups in total. The number of nitrogens with two attached hydrogens (primary N) is 1. The molecule has 0 bridgehead atoms. The average Bonchev–Trinajstić information content (AvgIpc) is 2.29. The predicted molar refractivity (Wildman–Crippen MR) is 62.7 cm³/mol. The van der Waals surface area contributed by atoms with Crippen LogP contribution in [-0.4, -0.2) is 24.5 Å². The number of urea groups is 1. The summed E-state index contributed by atoms with van der Waals surface area (Å²) in [5.74, 6) is 0. The number of nitrogens with zero attached hydrogens (tertiary/aromatic N) is 2. The van der Waals surface area contributed by atoms with Crippen LogP contribution in [0.3, 0.4) is 0 Å². The Kier molecular flexibility index (Phi) is 4.16. The van der Waals surface area contributed by atoms with Gasteiger partial charge in [0.1, 0.15) is 0 Å². The largest absolute Gasteiger partial charge is 0.399 e. The van der Waals surface area contributed by atoms with E-state index in [1.165, 1.54) is 4.90 Å². The second kappa shape index (κ2) is 5.61. The maximum atomic E-state index is 11.6. The number of carbonyl (C=O) groups excluding carboxylic acids is 1. The maximum absolute atomic E-state index is 11.6. The number of hydrogen-bond acceptors (Lipinski definition) is 3. The van der Waals surface area contributed by atoms with Gasteiger partial charge in [0.2, 0.25) is 0 Å². The Hall–Kier alpha value is -2.22. The third-order valence-corrected chi connectivity index (χ3v) is 2.07. The van der Waals surface area contributed by atoms with Gasteiger partial charge >= 0.3 is 6.03 Å². The zero-order valence-electron chi connectivity index (χ0n) is 9.10. The molecule has 0 aliphatic carbocycles. The number of nitrogens with one attached hydrogen (secondary N) is 1. The molecule has 1 rings (SSSR count). The molecule has 0 saturated carbocycles. The molecule has 16 heavy (non-hydrogen) atoms. The first-order chi connectivity index (χ1) is 7.63. The SMILES string of the molecule is CN(CCC#N)C(=O)Nc1ccc(N)cc1. The van der Waals surface area contributed by atoms with Crippen LogP contribution in [0.5, 0.6) is 0 Å². The maximum Gasteiger partial charge on any atom is 0.321 e. The van der Waals surface area contributed by atoms with Crippen LogP contribution in [0.2, 0.25) is 0 Å². The molecular weight excluding hydrogens is 204 g/mol. The summed E-state index contributed by atoms with van der Waals surface area (Å²) in [6.45, 7) is 0.414. The number of carbonyl (C=O) groups is 1. The van der Waals surface area contributed by atoms with Crippen LogP contribution in [0.4, 0.5) is 16.2 Å². The van der Waals surface area contributed by atoms with Gasteiger partial charge in [-0.2, -0.15) is 5.26 Å². The van der Waals surface area contributed by atoms with E-state index in [2.05, 4.69) is 5.32 Å². The summed E-state index contributed by atoms with van der Waals surface area (Å²) in [5, 5.41) is 11.1. The van der Waals surface area contributed by atoms with Gasteiger partial charge in [-0.3, -0.25) is 0 Å². The van der Waals surface area contributed by atoms with Crippen molar-refractivity contribution in [2.75, 3.05) is 24.6 Å². The number of rotatable bonds is 3. The van der Waals surface area contributed by atoms with Gasteiger partial charge in [-0.15, -0.1) is 0 Å². The predicted octanol–water partition coefficient (Wildman–Crippen LogP) is 1.65. The zero-order chi connectivity index (χ0) is 12.0. The van der Waals surface area contributed by atoms with Crippen molar-refractivity contribution in [1.82, 2.24) is 4.90 Å². The molecule has 0 aliphatic heterocycles. The lowest BCUT2D eigenvalue weighted by molar-refractivity contribution is 0.223. The Morgan fingerprint density at radius 2 is 2.12 bits per heavy atom. The molecule has 0 fully saturated rings. The number of hydrogen-bond donors (Lipinski definition) is 2. The lowest BCUT2D eigenvalue weighted by atomic mass is 10.3. The van der Waals surface area contributed by atoms with E-state index in [0.717, 1.165) is 0 Å². The molecular formula is C11H14N4O. The van der Waals surface area contributed by atoms with Gasteiger partial charge in [0.25, 0.3) is 0 Å². The van der Waals surface area contributed by atoms with E-state index in [1.54, 1.807) is 31.3 Å². The van der Waals surface area contributed by atoms with Crippen molar-refractivity contribution in [3.8, 4) is 6.07 Å². The Morgan fingerprint density at radius 1 is 1.50 bits per heavy atom. The molecule has 1 aromatic carbocycles. The molecule has 84 valence electrons. The molecule has 2 amide bonds. The lowest BCUT2D eigenvalue weighted by Gasteiger charge is -2.16. The van der Waals surface area contributed by atoms with Gasteiger partial charge < -0.3 is 16.0 Å². The fraction of sp³-hybridized carbons (Fsp3) is 0.273. The fourth-order valence-electron chi connectivity index (χ4n) is 1.10. The van der Waals surface area contributed by atoms with Crippen LogP contribution in [-0.2, 0) is 0 Å². The van der Waals surface area contributed by atoms with Gasteiger partial charge in [-0.05, 0) is 24.3 Å². The van der Waals surface area contributed by atoms with E-state index in [4.69, 9.17) is 11.0 Å². The molecule has 5 heteroatoms. The normalized spacial score (nSPS) is 9.25. The summed E-state index contributed by atoms with van der Waals surface area (Å²) in [4.78, 5) is 13.0. The van der Waals surface area contributed by atoms with Crippen LogP contribution >= 0.6 is 0 Å². The van der Waals surface area contributed by atoms with Gasteiger partial charge in [-0.1, -0.05) is 0 Å². The highest BCUT2D eigenvalue weighted by Gasteiger charge is 2.07. The molecule has 5 nitrogen and oxygen atoms in total. The van der Waals surface area contributed by atoms with Gasteiger partial charge in [0.05, 0.1) is 12.5 Å². The highest BCUT2D eigenvalue weighted by atomic mass is 16.2. The van der Waals surface area contributed by atoms with E-state index in [9.17, 15) is 4.79 Å². The third-order valence-electron chi connectivity index (χ3n) is 2.07. The molecule has 0 aromatic heterocycles. The summed E-state index contributed by atoms with van der Waals surface area (Å²) >= 11 is 0. The molecule has 0 aliphatic rings. The summed E-state index contributed by atoms with van der Waals surface area (Å²) in [6.07, 6.45) is 0.325. The minimum atomic E-state index is -0.236. The molecule has 1 aromatic rings. The molecule has 0 atom stereocenters. The lowest BCUT2D eigenvalue weighted by Crippen LogP contribution is -2.31. The topological polar surface area (TPSA) is 82.2 Å². The van der Waals surface area contributed by atoms with Crippen molar-refractivity contribution >= 4 is 17.4 Å². The Morgan fingerprint density at radius 3 is 2.69 bits per heavy atom. The second-order valence-corrected chi connectivity index (χ2v) is 3.38. The van der Waals surface area contributed by atoms with Gasteiger partial charge in [0.15, 0.2) is 0 Å². The van der Waals surface area contributed by atoms with Crippen LogP contribution < -0.4 is 11.1 Å². The summed E-state index contributed by atoms with van der Waals surface area (Å²) in [5.41, 5.74) is 6.86. The average molecular weight is 218 g/mol.